The average Bonchev–Trinajstić information content (AvgIpc) is 2.58. The summed E-state index contributed by atoms with van der Waals surface area (Å²) in [4.78, 5) is 0. The number of hydrogen-bond acceptors (Lipinski definition) is 3. The Labute approximate surface area is 106 Å². The number of likely N-dealkylation sites (N-methyl/N-ethyl adjacent to an activating group) is 1. The van der Waals surface area contributed by atoms with Crippen molar-refractivity contribution in [2.75, 3.05) is 27.2 Å². The minimum absolute atomic E-state index is 0.0441. The molecule has 1 aliphatic heterocycles. The number of nitrogens with zero attached hydrogens (tertiary/aromatic N) is 2. The van der Waals surface area contributed by atoms with Crippen LogP contribution in [0, 0.1) is 5.82 Å². The van der Waals surface area contributed by atoms with E-state index in [0.29, 0.717) is 24.4 Å². The first-order chi connectivity index (χ1) is 8.45. The Balaban J connectivity index is 2.20. The second-order valence-electron chi connectivity index (χ2n) is 4.12. The van der Waals surface area contributed by atoms with Crippen molar-refractivity contribution in [3.8, 4) is 5.75 Å². The summed E-state index contributed by atoms with van der Waals surface area (Å²) in [5.74, 6) is -0.0447. The van der Waals surface area contributed by atoms with E-state index in [-0.39, 0.29) is 6.54 Å². The Kier molecular flexibility index (Phi) is 3.56. The van der Waals surface area contributed by atoms with E-state index in [4.69, 9.17) is 4.74 Å². The molecule has 0 bridgehead atoms. The molecule has 100 valence electrons. The van der Waals surface area contributed by atoms with Crippen molar-refractivity contribution in [1.29, 1.82) is 0 Å². The SMILES string of the molecule is COc1ccc(CN2CCN(C)S2(=O)=O)c(F)c1. The predicted octanol–water partition coefficient (Wildman–Crippen LogP) is 0.826. The standard InChI is InChI=1S/C11H15FN2O3S/c1-13-5-6-14(18(13,15)16)8-9-3-4-10(17-2)7-11(9)12/h3-4,7H,5-6,8H2,1-2H3. The van der Waals surface area contributed by atoms with Crippen molar-refractivity contribution in [1.82, 2.24) is 8.61 Å². The fraction of sp³-hybridized carbons (Fsp3) is 0.455. The minimum Gasteiger partial charge on any atom is -0.497 e. The molecule has 0 N–H and O–H groups in total. The maximum atomic E-state index is 13.7. The molecule has 0 atom stereocenters. The highest BCUT2D eigenvalue weighted by Crippen LogP contribution is 2.21. The van der Waals surface area contributed by atoms with Crippen molar-refractivity contribution in [2.24, 2.45) is 0 Å². The summed E-state index contributed by atoms with van der Waals surface area (Å²) in [5, 5.41) is 0. The lowest BCUT2D eigenvalue weighted by Gasteiger charge is -2.16. The summed E-state index contributed by atoms with van der Waals surface area (Å²) in [6.07, 6.45) is 0. The second-order valence-corrected chi connectivity index (χ2v) is 6.16. The van der Waals surface area contributed by atoms with E-state index >= 15 is 0 Å². The van der Waals surface area contributed by atoms with Crippen molar-refractivity contribution >= 4 is 10.2 Å². The van der Waals surface area contributed by atoms with E-state index in [9.17, 15) is 12.8 Å². The number of hydrogen-bond donors (Lipinski definition) is 0. The van der Waals surface area contributed by atoms with E-state index < -0.39 is 16.0 Å². The van der Waals surface area contributed by atoms with Gasteiger partial charge in [0.15, 0.2) is 0 Å². The van der Waals surface area contributed by atoms with E-state index in [1.54, 1.807) is 12.1 Å². The van der Waals surface area contributed by atoms with Crippen LogP contribution >= 0.6 is 0 Å². The highest BCUT2D eigenvalue weighted by atomic mass is 32.2. The first kappa shape index (κ1) is 13.3. The number of ether oxygens (including phenoxy) is 1. The van der Waals surface area contributed by atoms with Crippen LogP contribution in [0.1, 0.15) is 5.56 Å². The Morgan fingerprint density at radius 1 is 1.39 bits per heavy atom. The largest absolute Gasteiger partial charge is 0.497 e. The van der Waals surface area contributed by atoms with Crippen LogP contribution in [0.4, 0.5) is 4.39 Å². The van der Waals surface area contributed by atoms with Crippen LogP contribution in [0.2, 0.25) is 0 Å². The molecule has 1 aliphatic rings. The monoisotopic (exact) mass is 274 g/mol. The summed E-state index contributed by atoms with van der Waals surface area (Å²) in [7, 11) is -0.461. The van der Waals surface area contributed by atoms with Crippen molar-refractivity contribution < 1.29 is 17.5 Å². The van der Waals surface area contributed by atoms with Gasteiger partial charge < -0.3 is 4.74 Å². The average molecular weight is 274 g/mol. The van der Waals surface area contributed by atoms with Gasteiger partial charge in [0, 0.05) is 38.3 Å². The maximum absolute atomic E-state index is 13.7. The van der Waals surface area contributed by atoms with Crippen LogP contribution in [0.15, 0.2) is 18.2 Å². The molecule has 5 nitrogen and oxygen atoms in total. The van der Waals surface area contributed by atoms with E-state index in [1.165, 1.54) is 28.8 Å². The third kappa shape index (κ3) is 2.33. The molecular weight excluding hydrogens is 259 g/mol. The van der Waals surface area contributed by atoms with Gasteiger partial charge in [0.2, 0.25) is 0 Å². The third-order valence-electron chi connectivity index (χ3n) is 2.99. The molecule has 2 rings (SSSR count). The number of methoxy groups -OCH3 is 1. The Morgan fingerprint density at radius 3 is 2.61 bits per heavy atom. The van der Waals surface area contributed by atoms with Gasteiger partial charge >= 0.3 is 0 Å². The lowest BCUT2D eigenvalue weighted by molar-refractivity contribution is 0.407. The van der Waals surface area contributed by atoms with Gasteiger partial charge in [-0.3, -0.25) is 0 Å². The van der Waals surface area contributed by atoms with Crippen LogP contribution in [0.3, 0.4) is 0 Å². The molecule has 0 aromatic heterocycles. The normalized spacial score (nSPS) is 20.2. The van der Waals surface area contributed by atoms with Crippen LogP contribution < -0.4 is 4.74 Å². The fourth-order valence-corrected chi connectivity index (χ4v) is 3.14. The number of benzene rings is 1. The first-order valence-corrected chi connectivity index (χ1v) is 6.88. The van der Waals surface area contributed by atoms with Crippen molar-refractivity contribution in [2.45, 2.75) is 6.54 Å². The van der Waals surface area contributed by atoms with Gasteiger partial charge in [-0.1, -0.05) is 6.07 Å². The van der Waals surface area contributed by atoms with Gasteiger partial charge in [-0.2, -0.15) is 17.0 Å². The molecule has 0 radical (unpaired) electrons. The quantitative estimate of drug-likeness (QED) is 0.820. The van der Waals surface area contributed by atoms with E-state index in [1.807, 2.05) is 0 Å². The lowest BCUT2D eigenvalue weighted by atomic mass is 10.2. The van der Waals surface area contributed by atoms with Crippen LogP contribution in [0.25, 0.3) is 0 Å². The summed E-state index contributed by atoms with van der Waals surface area (Å²) >= 11 is 0. The van der Waals surface area contributed by atoms with Gasteiger partial charge in [-0.25, -0.2) is 4.39 Å². The Hall–Kier alpha value is -1.18. The molecule has 18 heavy (non-hydrogen) atoms. The van der Waals surface area contributed by atoms with Gasteiger partial charge in [0.1, 0.15) is 11.6 Å². The van der Waals surface area contributed by atoms with E-state index in [0.717, 1.165) is 0 Å². The van der Waals surface area contributed by atoms with Gasteiger partial charge in [0.05, 0.1) is 7.11 Å². The molecule has 0 saturated carbocycles. The van der Waals surface area contributed by atoms with Crippen LogP contribution in [-0.4, -0.2) is 44.3 Å². The molecule has 1 heterocycles. The second kappa shape index (κ2) is 4.83. The Bertz CT molecular complexity index is 547. The molecule has 1 saturated heterocycles. The topological polar surface area (TPSA) is 49.9 Å². The molecule has 0 unspecified atom stereocenters. The smallest absolute Gasteiger partial charge is 0.282 e. The summed E-state index contributed by atoms with van der Waals surface area (Å²) in [6, 6.07) is 4.41. The summed E-state index contributed by atoms with van der Waals surface area (Å²) < 4.78 is 44.8. The highest BCUT2D eigenvalue weighted by Gasteiger charge is 2.33. The van der Waals surface area contributed by atoms with Gasteiger partial charge in [0.25, 0.3) is 10.2 Å². The molecule has 0 aliphatic carbocycles. The van der Waals surface area contributed by atoms with Crippen LogP contribution in [0.5, 0.6) is 5.75 Å². The summed E-state index contributed by atoms with van der Waals surface area (Å²) in [6.45, 7) is 0.854. The van der Waals surface area contributed by atoms with E-state index in [2.05, 4.69) is 0 Å². The molecule has 1 aromatic rings. The molecule has 0 amide bonds. The predicted molar refractivity (Wildman–Crippen MR) is 64.9 cm³/mol. The van der Waals surface area contributed by atoms with Crippen LogP contribution in [-0.2, 0) is 16.8 Å². The molecule has 0 spiro atoms. The fourth-order valence-electron chi connectivity index (χ4n) is 1.81. The number of rotatable bonds is 3. The first-order valence-electron chi connectivity index (χ1n) is 5.49. The number of halogens is 1. The zero-order valence-corrected chi connectivity index (χ0v) is 11.1. The lowest BCUT2D eigenvalue weighted by Crippen LogP contribution is -2.30. The van der Waals surface area contributed by atoms with Crippen molar-refractivity contribution in [3.63, 3.8) is 0 Å². The molecule has 1 aromatic carbocycles. The maximum Gasteiger partial charge on any atom is 0.282 e. The molecule has 7 heteroatoms. The zero-order valence-electron chi connectivity index (χ0n) is 10.3. The molecular formula is C11H15FN2O3S. The molecule has 1 fully saturated rings. The van der Waals surface area contributed by atoms with Gasteiger partial charge in [-0.05, 0) is 6.07 Å². The zero-order chi connectivity index (χ0) is 13.3. The van der Waals surface area contributed by atoms with Gasteiger partial charge in [-0.15, -0.1) is 0 Å². The minimum atomic E-state index is -3.43. The highest BCUT2D eigenvalue weighted by molar-refractivity contribution is 7.86. The Morgan fingerprint density at radius 2 is 2.11 bits per heavy atom. The summed E-state index contributed by atoms with van der Waals surface area (Å²) in [5.41, 5.74) is 0.342. The van der Waals surface area contributed by atoms with Crippen molar-refractivity contribution in [3.05, 3.63) is 29.6 Å². The third-order valence-corrected chi connectivity index (χ3v) is 4.93.